The molecule has 222 valence electrons. The van der Waals surface area contributed by atoms with E-state index in [0.717, 1.165) is 27.5 Å². The number of carbonyl (C=O) groups excluding carboxylic acids is 3. The number of aromatic amines is 1. The number of rotatable bonds is 5. The van der Waals surface area contributed by atoms with Crippen LogP contribution in [0.4, 0.5) is 5.69 Å². The van der Waals surface area contributed by atoms with Gasteiger partial charge >= 0.3 is 4.87 Å². The monoisotopic (exact) mass is 617 g/mol. The van der Waals surface area contributed by atoms with Gasteiger partial charge in [0, 0.05) is 29.1 Å². The number of hydrogen-bond acceptors (Lipinski definition) is 8. The minimum absolute atomic E-state index is 0.0336. The fraction of sp³-hybridized carbons (Fsp3) is 0.438. The highest BCUT2D eigenvalue weighted by Gasteiger charge is 2.69. The number of nitrogens with zero attached hydrogens (tertiary/aromatic N) is 2. The first kappa shape index (κ1) is 27.2. The van der Waals surface area contributed by atoms with E-state index < -0.39 is 0 Å². The Morgan fingerprint density at radius 3 is 2.40 bits per heavy atom. The van der Waals surface area contributed by atoms with Gasteiger partial charge in [-0.3, -0.25) is 24.1 Å². The Bertz CT molecular complexity index is 1660. The van der Waals surface area contributed by atoms with E-state index in [0.29, 0.717) is 37.7 Å². The predicted molar refractivity (Wildman–Crippen MR) is 162 cm³/mol. The molecule has 3 amide bonds. The minimum atomic E-state index is -0.339. The molecule has 4 heterocycles. The summed E-state index contributed by atoms with van der Waals surface area (Å²) in [5.74, 6) is -0.104. The van der Waals surface area contributed by atoms with Gasteiger partial charge < -0.3 is 19.4 Å². The summed E-state index contributed by atoms with van der Waals surface area (Å²) in [7, 11) is 0. The standard InChI is InChI=1S/C32H31N3O6S2/c1-16-2-6-18(7-3-16)35-30(37)25-20-14-21(26(25)31(35)38)27-24(20)23(28-29(42-27)33-32(39)43-28)17-4-8-19(9-5-17)41-15-22(36)34-10-12-40-13-11-34/h2-9,20-21,23-27H,10-15H2,1H3,(H,33,39)/t20?,21?,23-,24?,25?,26?,27?/m1/s1. The van der Waals surface area contributed by atoms with Crippen LogP contribution in [0.25, 0.3) is 0 Å². The van der Waals surface area contributed by atoms with E-state index in [1.807, 2.05) is 55.5 Å². The van der Waals surface area contributed by atoms with Gasteiger partial charge in [-0.25, -0.2) is 0 Å². The normalized spacial score (nSPS) is 30.8. The number of aromatic nitrogens is 1. The Morgan fingerprint density at radius 1 is 0.977 bits per heavy atom. The van der Waals surface area contributed by atoms with Gasteiger partial charge in [-0.1, -0.05) is 41.2 Å². The Balaban J connectivity index is 1.08. The van der Waals surface area contributed by atoms with Crippen LogP contribution >= 0.6 is 23.1 Å². The number of benzene rings is 2. The Morgan fingerprint density at radius 2 is 1.67 bits per heavy atom. The second-order valence-corrected chi connectivity index (χ2v) is 14.4. The van der Waals surface area contributed by atoms with Gasteiger partial charge in [0.15, 0.2) is 6.61 Å². The molecule has 11 heteroatoms. The van der Waals surface area contributed by atoms with Crippen molar-refractivity contribution in [2.75, 3.05) is 37.8 Å². The number of H-pyrrole nitrogens is 1. The number of amides is 3. The lowest BCUT2D eigenvalue weighted by atomic mass is 9.68. The molecule has 0 radical (unpaired) electrons. The van der Waals surface area contributed by atoms with E-state index in [1.54, 1.807) is 16.7 Å². The number of nitrogens with one attached hydrogen (secondary N) is 1. The van der Waals surface area contributed by atoms with Crippen molar-refractivity contribution in [2.45, 2.75) is 29.5 Å². The van der Waals surface area contributed by atoms with Crippen LogP contribution in [0.5, 0.6) is 5.75 Å². The number of morpholine rings is 1. The first-order chi connectivity index (χ1) is 20.9. The molecule has 2 aliphatic carbocycles. The smallest absolute Gasteiger partial charge is 0.305 e. The molecule has 2 aromatic carbocycles. The molecule has 2 saturated carbocycles. The molecule has 2 bridgehead atoms. The molecule has 3 aliphatic heterocycles. The number of ether oxygens (including phenoxy) is 2. The second-order valence-electron chi connectivity index (χ2n) is 12.2. The average Bonchev–Trinajstić information content (AvgIpc) is 3.76. The van der Waals surface area contributed by atoms with E-state index in [9.17, 15) is 19.2 Å². The second kappa shape index (κ2) is 10.3. The van der Waals surface area contributed by atoms with Gasteiger partial charge in [0.05, 0.1) is 35.8 Å². The first-order valence-corrected chi connectivity index (χ1v) is 16.5. The molecular formula is C32H31N3O6S2. The third-order valence-electron chi connectivity index (χ3n) is 9.98. The van der Waals surface area contributed by atoms with E-state index >= 15 is 0 Å². The van der Waals surface area contributed by atoms with Crippen LogP contribution in [0, 0.1) is 36.5 Å². The molecular weight excluding hydrogens is 587 g/mol. The Hall–Kier alpha value is -3.41. The lowest BCUT2D eigenvalue weighted by Gasteiger charge is -2.43. The Kier molecular flexibility index (Phi) is 6.54. The average molecular weight is 618 g/mol. The first-order valence-electron chi connectivity index (χ1n) is 14.8. The summed E-state index contributed by atoms with van der Waals surface area (Å²) < 4.78 is 11.2. The summed E-state index contributed by atoms with van der Waals surface area (Å²) in [5, 5.41) is 1.01. The van der Waals surface area contributed by atoms with Crippen molar-refractivity contribution in [2.24, 2.45) is 29.6 Å². The van der Waals surface area contributed by atoms with Crippen LogP contribution in [0.3, 0.4) is 0 Å². The number of hydrogen-bond donors (Lipinski definition) is 1. The van der Waals surface area contributed by atoms with Crippen LogP contribution in [0.1, 0.15) is 28.3 Å². The zero-order chi connectivity index (χ0) is 29.4. The fourth-order valence-corrected chi connectivity index (χ4v) is 11.0. The molecule has 8 rings (SSSR count). The third-order valence-corrected chi connectivity index (χ3v) is 12.6. The largest absolute Gasteiger partial charge is 0.484 e. The fourth-order valence-electron chi connectivity index (χ4n) is 8.16. The number of thiazole rings is 1. The molecule has 3 aromatic rings. The van der Waals surface area contributed by atoms with E-state index in [-0.39, 0.29) is 70.0 Å². The van der Waals surface area contributed by atoms with Crippen molar-refractivity contribution in [3.05, 3.63) is 74.2 Å². The highest BCUT2D eigenvalue weighted by molar-refractivity contribution is 8.00. The highest BCUT2D eigenvalue weighted by Crippen LogP contribution is 2.68. The Labute approximate surface area is 256 Å². The summed E-state index contributed by atoms with van der Waals surface area (Å²) in [6, 6.07) is 15.4. The minimum Gasteiger partial charge on any atom is -0.484 e. The van der Waals surface area contributed by atoms with Crippen LogP contribution in [-0.2, 0) is 19.1 Å². The quantitative estimate of drug-likeness (QED) is 0.436. The maximum Gasteiger partial charge on any atom is 0.305 e. The van der Waals surface area contributed by atoms with Crippen molar-refractivity contribution < 1.29 is 23.9 Å². The molecule has 0 spiro atoms. The zero-order valence-electron chi connectivity index (χ0n) is 23.6. The maximum absolute atomic E-state index is 13.9. The summed E-state index contributed by atoms with van der Waals surface area (Å²) >= 11 is 2.93. The van der Waals surface area contributed by atoms with Gasteiger partial charge in [0.25, 0.3) is 5.91 Å². The summed E-state index contributed by atoms with van der Waals surface area (Å²) in [5.41, 5.74) is 2.77. The van der Waals surface area contributed by atoms with Crippen molar-refractivity contribution >= 4 is 46.5 Å². The molecule has 2 saturated heterocycles. The number of aryl methyl sites for hydroxylation is 1. The molecule has 6 unspecified atom stereocenters. The summed E-state index contributed by atoms with van der Waals surface area (Å²) in [4.78, 5) is 60.0. The molecule has 1 N–H and O–H groups in total. The van der Waals surface area contributed by atoms with E-state index in [4.69, 9.17) is 9.47 Å². The van der Waals surface area contributed by atoms with Crippen LogP contribution in [-0.4, -0.2) is 65.8 Å². The SMILES string of the molecule is Cc1ccc(N2C(=O)C3C4CC(C3C2=O)C2C4Sc3[nH]c(=O)sc3[C@@H]2c2ccc(OCC(=O)N3CCOCC3)cc2)cc1. The van der Waals surface area contributed by atoms with Gasteiger partial charge in [0.2, 0.25) is 11.8 Å². The third kappa shape index (κ3) is 4.30. The number of carbonyl (C=O) groups is 3. The molecule has 4 fully saturated rings. The van der Waals surface area contributed by atoms with Crippen LogP contribution in [0.2, 0.25) is 0 Å². The van der Waals surface area contributed by atoms with Crippen molar-refractivity contribution in [3.63, 3.8) is 0 Å². The molecule has 5 aliphatic rings. The van der Waals surface area contributed by atoms with Gasteiger partial charge in [-0.05, 0) is 60.9 Å². The van der Waals surface area contributed by atoms with E-state index in [1.165, 1.54) is 16.2 Å². The lowest BCUT2D eigenvalue weighted by molar-refractivity contribution is -0.137. The van der Waals surface area contributed by atoms with Crippen molar-refractivity contribution in [1.82, 2.24) is 9.88 Å². The predicted octanol–water partition coefficient (Wildman–Crippen LogP) is 3.66. The van der Waals surface area contributed by atoms with Gasteiger partial charge in [0.1, 0.15) is 5.75 Å². The molecule has 43 heavy (non-hydrogen) atoms. The van der Waals surface area contributed by atoms with Crippen molar-refractivity contribution in [3.8, 4) is 5.75 Å². The molecule has 9 nitrogen and oxygen atoms in total. The number of fused-ring (bicyclic) bond motifs is 9. The van der Waals surface area contributed by atoms with Crippen molar-refractivity contribution in [1.29, 1.82) is 0 Å². The molecule has 1 aromatic heterocycles. The molecule has 7 atom stereocenters. The zero-order valence-corrected chi connectivity index (χ0v) is 25.2. The summed E-state index contributed by atoms with van der Waals surface area (Å²) in [6.45, 7) is 4.19. The summed E-state index contributed by atoms with van der Waals surface area (Å²) in [6.07, 6.45) is 0.845. The van der Waals surface area contributed by atoms with Crippen LogP contribution in [0.15, 0.2) is 58.4 Å². The maximum atomic E-state index is 13.9. The van der Waals surface area contributed by atoms with E-state index in [2.05, 4.69) is 4.98 Å². The van der Waals surface area contributed by atoms with Crippen LogP contribution < -0.4 is 14.5 Å². The number of anilines is 1. The lowest BCUT2D eigenvalue weighted by Crippen LogP contribution is -2.43. The topological polar surface area (TPSA) is 109 Å². The number of thioether (sulfide) groups is 1. The van der Waals surface area contributed by atoms with Gasteiger partial charge in [-0.2, -0.15) is 0 Å². The number of imide groups is 1. The highest BCUT2D eigenvalue weighted by atomic mass is 32.2. The van der Waals surface area contributed by atoms with Gasteiger partial charge in [-0.15, -0.1) is 11.8 Å².